The zero-order valence-corrected chi connectivity index (χ0v) is 14.9. The van der Waals surface area contributed by atoms with Crippen LogP contribution >= 0.6 is 0 Å². The number of nitrogens with zero attached hydrogens (tertiary/aromatic N) is 4. The van der Waals surface area contributed by atoms with E-state index < -0.39 is 0 Å². The highest BCUT2D eigenvalue weighted by Crippen LogP contribution is 2.30. The molecule has 0 fully saturated rings. The predicted octanol–water partition coefficient (Wildman–Crippen LogP) is 4.14. The first-order chi connectivity index (χ1) is 12.2. The summed E-state index contributed by atoms with van der Waals surface area (Å²) in [5.74, 6) is 1.33. The van der Waals surface area contributed by atoms with Crippen LogP contribution in [-0.2, 0) is 19.6 Å². The van der Waals surface area contributed by atoms with E-state index in [0.29, 0.717) is 18.3 Å². The van der Waals surface area contributed by atoms with E-state index in [1.807, 2.05) is 6.92 Å². The third-order valence-electron chi connectivity index (χ3n) is 4.58. The molecule has 0 N–H and O–H groups in total. The lowest BCUT2D eigenvalue weighted by molar-refractivity contribution is 0.260. The summed E-state index contributed by atoms with van der Waals surface area (Å²) in [6, 6.07) is 15.4. The van der Waals surface area contributed by atoms with E-state index in [1.54, 1.807) is 0 Å². The van der Waals surface area contributed by atoms with Crippen LogP contribution in [-0.4, -0.2) is 26.7 Å². The fourth-order valence-corrected chi connectivity index (χ4v) is 3.54. The molecule has 128 valence electrons. The molecular formula is C20H22N4O. The van der Waals surface area contributed by atoms with Gasteiger partial charge >= 0.3 is 0 Å². The minimum absolute atomic E-state index is 0.648. The van der Waals surface area contributed by atoms with E-state index in [2.05, 4.69) is 76.0 Å². The SMILES string of the molecule is CCn1c2ccccc2c2cc(CN(C)Cc3nc(C)no3)ccc21. The van der Waals surface area contributed by atoms with Gasteiger partial charge in [-0.15, -0.1) is 0 Å². The van der Waals surface area contributed by atoms with Crippen LogP contribution in [0.2, 0.25) is 0 Å². The molecule has 0 spiro atoms. The number of fused-ring (bicyclic) bond motifs is 3. The number of hydrogen-bond donors (Lipinski definition) is 0. The van der Waals surface area contributed by atoms with Crippen LogP contribution in [0.15, 0.2) is 47.0 Å². The van der Waals surface area contributed by atoms with Gasteiger partial charge in [0.25, 0.3) is 0 Å². The zero-order chi connectivity index (χ0) is 17.4. The molecule has 0 aliphatic carbocycles. The average Bonchev–Trinajstić information content (AvgIpc) is 3.15. The van der Waals surface area contributed by atoms with Gasteiger partial charge in [-0.25, -0.2) is 0 Å². The van der Waals surface area contributed by atoms with E-state index in [0.717, 1.165) is 13.1 Å². The maximum atomic E-state index is 5.21. The molecule has 0 saturated heterocycles. The van der Waals surface area contributed by atoms with Crippen LogP contribution in [0.4, 0.5) is 0 Å². The van der Waals surface area contributed by atoms with Gasteiger partial charge in [0.05, 0.1) is 6.54 Å². The van der Waals surface area contributed by atoms with Crippen molar-refractivity contribution in [2.45, 2.75) is 33.5 Å². The second-order valence-corrected chi connectivity index (χ2v) is 6.52. The third kappa shape index (κ3) is 2.91. The van der Waals surface area contributed by atoms with E-state index in [1.165, 1.54) is 27.4 Å². The van der Waals surface area contributed by atoms with Gasteiger partial charge in [0, 0.05) is 34.9 Å². The molecular weight excluding hydrogens is 312 g/mol. The molecule has 0 radical (unpaired) electrons. The lowest BCUT2D eigenvalue weighted by Crippen LogP contribution is -2.17. The second kappa shape index (κ2) is 6.33. The molecule has 5 nitrogen and oxygen atoms in total. The van der Waals surface area contributed by atoms with Crippen LogP contribution < -0.4 is 0 Å². The standard InChI is InChI=1S/C20H22N4O/c1-4-24-18-8-6-5-7-16(18)17-11-15(9-10-19(17)24)12-23(3)13-20-21-14(2)22-25-20/h5-11H,4,12-13H2,1-3H3. The third-order valence-corrected chi connectivity index (χ3v) is 4.58. The maximum absolute atomic E-state index is 5.21. The summed E-state index contributed by atoms with van der Waals surface area (Å²) in [5, 5.41) is 6.48. The fourth-order valence-electron chi connectivity index (χ4n) is 3.54. The van der Waals surface area contributed by atoms with Crippen molar-refractivity contribution in [3.63, 3.8) is 0 Å². The highest BCUT2D eigenvalue weighted by atomic mass is 16.5. The Labute approximate surface area is 146 Å². The zero-order valence-electron chi connectivity index (χ0n) is 14.9. The quantitative estimate of drug-likeness (QED) is 0.550. The Morgan fingerprint density at radius 3 is 2.60 bits per heavy atom. The van der Waals surface area contributed by atoms with Crippen LogP contribution in [0.3, 0.4) is 0 Å². The lowest BCUT2D eigenvalue weighted by atomic mass is 10.1. The maximum Gasteiger partial charge on any atom is 0.240 e. The van der Waals surface area contributed by atoms with Crippen molar-refractivity contribution in [2.24, 2.45) is 0 Å². The van der Waals surface area contributed by atoms with Crippen LogP contribution in [0.5, 0.6) is 0 Å². The Bertz CT molecular complexity index is 1030. The highest BCUT2D eigenvalue weighted by molar-refractivity contribution is 6.08. The normalized spacial score (nSPS) is 11.8. The first kappa shape index (κ1) is 15.8. The van der Waals surface area contributed by atoms with Gasteiger partial charge in [0.15, 0.2) is 5.82 Å². The van der Waals surface area contributed by atoms with Crippen LogP contribution in [0, 0.1) is 6.92 Å². The Balaban J connectivity index is 1.65. The van der Waals surface area contributed by atoms with Gasteiger partial charge in [-0.3, -0.25) is 4.90 Å². The molecule has 0 atom stereocenters. The Morgan fingerprint density at radius 1 is 1.04 bits per heavy atom. The number of hydrogen-bond acceptors (Lipinski definition) is 4. The van der Waals surface area contributed by atoms with Gasteiger partial charge in [0.1, 0.15) is 0 Å². The molecule has 25 heavy (non-hydrogen) atoms. The fraction of sp³-hybridized carbons (Fsp3) is 0.300. The summed E-state index contributed by atoms with van der Waals surface area (Å²) in [6.45, 7) is 6.49. The molecule has 5 heteroatoms. The van der Waals surface area contributed by atoms with Crippen molar-refractivity contribution < 1.29 is 4.52 Å². The summed E-state index contributed by atoms with van der Waals surface area (Å²) in [7, 11) is 2.07. The first-order valence-electron chi connectivity index (χ1n) is 8.63. The Morgan fingerprint density at radius 2 is 1.84 bits per heavy atom. The molecule has 0 aliphatic heterocycles. The number of aryl methyl sites for hydroxylation is 2. The first-order valence-corrected chi connectivity index (χ1v) is 8.63. The van der Waals surface area contributed by atoms with Crippen molar-refractivity contribution in [3.05, 3.63) is 59.7 Å². The van der Waals surface area contributed by atoms with E-state index in [9.17, 15) is 0 Å². The summed E-state index contributed by atoms with van der Waals surface area (Å²) in [5.41, 5.74) is 3.87. The minimum atomic E-state index is 0.648. The summed E-state index contributed by atoms with van der Waals surface area (Å²) in [6.07, 6.45) is 0. The number of para-hydroxylation sites is 1. The Hall–Kier alpha value is -2.66. The summed E-state index contributed by atoms with van der Waals surface area (Å²) in [4.78, 5) is 6.46. The molecule has 2 aromatic carbocycles. The molecule has 0 unspecified atom stereocenters. The molecule has 2 aromatic heterocycles. The van der Waals surface area contributed by atoms with Crippen LogP contribution in [0.1, 0.15) is 24.2 Å². The number of rotatable bonds is 5. The van der Waals surface area contributed by atoms with Crippen molar-refractivity contribution in [1.82, 2.24) is 19.6 Å². The van der Waals surface area contributed by atoms with Gasteiger partial charge in [-0.05, 0) is 44.7 Å². The lowest BCUT2D eigenvalue weighted by Gasteiger charge is -2.14. The molecule has 0 saturated carbocycles. The van der Waals surface area contributed by atoms with E-state index >= 15 is 0 Å². The summed E-state index contributed by atoms with van der Waals surface area (Å²) >= 11 is 0. The monoisotopic (exact) mass is 334 g/mol. The molecule has 2 heterocycles. The van der Waals surface area contributed by atoms with Gasteiger partial charge in [-0.1, -0.05) is 29.4 Å². The molecule has 0 bridgehead atoms. The molecule has 4 rings (SSSR count). The van der Waals surface area contributed by atoms with Gasteiger partial charge < -0.3 is 9.09 Å². The minimum Gasteiger partial charge on any atom is -0.341 e. The number of benzene rings is 2. The smallest absolute Gasteiger partial charge is 0.240 e. The van der Waals surface area contributed by atoms with E-state index in [-0.39, 0.29) is 0 Å². The van der Waals surface area contributed by atoms with Crippen molar-refractivity contribution in [1.29, 1.82) is 0 Å². The second-order valence-electron chi connectivity index (χ2n) is 6.52. The molecule has 4 aromatic rings. The Kier molecular flexibility index (Phi) is 4.01. The largest absolute Gasteiger partial charge is 0.341 e. The summed E-state index contributed by atoms with van der Waals surface area (Å²) < 4.78 is 7.59. The van der Waals surface area contributed by atoms with Crippen LogP contribution in [0.25, 0.3) is 21.8 Å². The predicted molar refractivity (Wildman–Crippen MR) is 99.3 cm³/mol. The average molecular weight is 334 g/mol. The van der Waals surface area contributed by atoms with Gasteiger partial charge in [-0.2, -0.15) is 4.98 Å². The molecule has 0 amide bonds. The molecule has 0 aliphatic rings. The topological polar surface area (TPSA) is 47.1 Å². The van der Waals surface area contributed by atoms with E-state index in [4.69, 9.17) is 4.52 Å². The van der Waals surface area contributed by atoms with Gasteiger partial charge in [0.2, 0.25) is 5.89 Å². The van der Waals surface area contributed by atoms with Crippen molar-refractivity contribution >= 4 is 21.8 Å². The number of aromatic nitrogens is 3. The highest BCUT2D eigenvalue weighted by Gasteiger charge is 2.11. The van der Waals surface area contributed by atoms with Crippen molar-refractivity contribution in [3.8, 4) is 0 Å². The van der Waals surface area contributed by atoms with Crippen molar-refractivity contribution in [2.75, 3.05) is 7.05 Å².